The van der Waals surface area contributed by atoms with Gasteiger partial charge in [0, 0.05) is 25.7 Å². The molecule has 2 heterocycles. The fraction of sp³-hybridized carbons (Fsp3) is 0.345. The number of aliphatic hydroxyl groups excluding tert-OH is 2. The smallest absolute Gasteiger partial charge is 0.387 e. The van der Waals surface area contributed by atoms with Crippen molar-refractivity contribution < 1.29 is 36.5 Å². The lowest BCUT2D eigenvalue weighted by Crippen LogP contribution is -2.66. The Morgan fingerprint density at radius 1 is 1.02 bits per heavy atom. The van der Waals surface area contributed by atoms with Gasteiger partial charge in [-0.05, 0) is 60.0 Å². The fourth-order valence-electron chi connectivity index (χ4n) is 5.58. The van der Waals surface area contributed by atoms with E-state index in [0.717, 1.165) is 17.7 Å². The molecule has 0 amide bonds. The number of aryl methyl sites for hydroxylation is 1. The van der Waals surface area contributed by atoms with E-state index in [2.05, 4.69) is 4.74 Å². The van der Waals surface area contributed by atoms with Gasteiger partial charge in [-0.1, -0.05) is 18.2 Å². The summed E-state index contributed by atoms with van der Waals surface area (Å²) < 4.78 is 73.9. The van der Waals surface area contributed by atoms with E-state index in [0.29, 0.717) is 30.0 Å². The molecule has 2 N–H and O–H groups in total. The zero-order valence-electron chi connectivity index (χ0n) is 22.6. The summed E-state index contributed by atoms with van der Waals surface area (Å²) in [5.41, 5.74) is 0.711. The molecule has 0 aliphatic carbocycles. The lowest BCUT2D eigenvalue weighted by molar-refractivity contribution is -0.0499. The molecule has 0 bridgehead atoms. The summed E-state index contributed by atoms with van der Waals surface area (Å²) >= 11 is 0. The van der Waals surface area contributed by atoms with Crippen LogP contribution < -0.4 is 13.9 Å². The van der Waals surface area contributed by atoms with Gasteiger partial charge in [-0.25, -0.2) is 12.8 Å². The highest BCUT2D eigenvalue weighted by molar-refractivity contribution is 7.92. The number of hydrogen-bond donors (Lipinski definition) is 2. The number of aliphatic hydroxyl groups is 2. The van der Waals surface area contributed by atoms with Crippen LogP contribution in [0.1, 0.15) is 5.56 Å². The van der Waals surface area contributed by atoms with Gasteiger partial charge in [0.05, 0.1) is 48.1 Å². The molecule has 0 saturated carbocycles. The Kier molecular flexibility index (Phi) is 8.08. The van der Waals surface area contributed by atoms with Crippen molar-refractivity contribution in [2.45, 2.75) is 30.0 Å². The van der Waals surface area contributed by atoms with Gasteiger partial charge in [0.2, 0.25) is 0 Å². The number of hydrogen-bond acceptors (Lipinski definition) is 8. The Morgan fingerprint density at radius 2 is 1.79 bits per heavy atom. The van der Waals surface area contributed by atoms with Crippen molar-refractivity contribution in [2.24, 2.45) is 0 Å². The van der Waals surface area contributed by atoms with Crippen molar-refractivity contribution in [1.82, 2.24) is 4.90 Å². The summed E-state index contributed by atoms with van der Waals surface area (Å²) in [6.45, 7) is -1.72. The molecule has 1 fully saturated rings. The van der Waals surface area contributed by atoms with E-state index in [9.17, 15) is 37.1 Å². The molecule has 42 heavy (non-hydrogen) atoms. The minimum atomic E-state index is -4.12. The Morgan fingerprint density at radius 3 is 2.45 bits per heavy atom. The Balaban J connectivity index is 1.62. The number of halogens is 3. The van der Waals surface area contributed by atoms with E-state index in [1.165, 1.54) is 16.4 Å². The first-order valence-corrected chi connectivity index (χ1v) is 14.6. The summed E-state index contributed by atoms with van der Waals surface area (Å²) in [5.74, 6) is -1.16. The standard InChI is InChI=1S/C29H29F3N4O5S/c1-19-3-2-4-25(9-19)42(39,40)36-15-23-14-34(29(16-33,17-37)18-38)7-8-35(23)26-6-5-20(12-27(26)36)21-10-22(30)13-24(11-21)41-28(31)32/h2-6,9-13,23,28,37-38H,7-8,14-15,17-18H2,1H3/t23-/m0/s1. The average Bonchev–Trinajstić information content (AvgIpc) is 2.97. The largest absolute Gasteiger partial charge is 0.435 e. The molecule has 3 aromatic carbocycles. The van der Waals surface area contributed by atoms with E-state index < -0.39 is 47.2 Å². The summed E-state index contributed by atoms with van der Waals surface area (Å²) in [6, 6.07) is 16.2. The number of nitriles is 1. The molecule has 0 aromatic heterocycles. The maximum atomic E-state index is 14.4. The minimum absolute atomic E-state index is 0.0233. The molecule has 1 saturated heterocycles. The number of anilines is 2. The molecule has 0 unspecified atom stereocenters. The van der Waals surface area contributed by atoms with Gasteiger partial charge in [0.25, 0.3) is 10.0 Å². The highest BCUT2D eigenvalue weighted by Gasteiger charge is 2.45. The molecule has 1 atom stereocenters. The zero-order valence-corrected chi connectivity index (χ0v) is 23.4. The first kappa shape index (κ1) is 29.7. The molecule has 0 radical (unpaired) electrons. The van der Waals surface area contributed by atoms with Crippen LogP contribution in [0.25, 0.3) is 11.1 Å². The number of fused-ring (bicyclic) bond motifs is 3. The molecule has 222 valence electrons. The lowest BCUT2D eigenvalue weighted by atomic mass is 9.96. The second kappa shape index (κ2) is 11.4. The van der Waals surface area contributed by atoms with Crippen molar-refractivity contribution in [2.75, 3.05) is 48.6 Å². The third-order valence-electron chi connectivity index (χ3n) is 7.76. The molecule has 0 spiro atoms. The number of rotatable bonds is 8. The van der Waals surface area contributed by atoms with Crippen LogP contribution in [0.3, 0.4) is 0 Å². The van der Waals surface area contributed by atoms with Crippen LogP contribution in [0.2, 0.25) is 0 Å². The van der Waals surface area contributed by atoms with Crippen LogP contribution in [0, 0.1) is 24.1 Å². The molecule has 3 aromatic rings. The van der Waals surface area contributed by atoms with E-state index >= 15 is 0 Å². The van der Waals surface area contributed by atoms with Crippen molar-refractivity contribution in [3.05, 3.63) is 72.0 Å². The van der Waals surface area contributed by atoms with Gasteiger partial charge >= 0.3 is 6.61 Å². The number of ether oxygens (including phenoxy) is 1. The first-order valence-electron chi connectivity index (χ1n) is 13.2. The lowest BCUT2D eigenvalue weighted by Gasteiger charge is -2.51. The number of nitrogens with zero attached hydrogens (tertiary/aromatic N) is 4. The monoisotopic (exact) mass is 602 g/mol. The zero-order chi connectivity index (χ0) is 30.2. The fourth-order valence-corrected chi connectivity index (χ4v) is 7.19. The van der Waals surface area contributed by atoms with Crippen molar-refractivity contribution >= 4 is 21.4 Å². The van der Waals surface area contributed by atoms with Gasteiger partial charge in [0.1, 0.15) is 11.6 Å². The van der Waals surface area contributed by atoms with Gasteiger partial charge in [-0.15, -0.1) is 0 Å². The molecule has 5 rings (SSSR count). The first-order chi connectivity index (χ1) is 20.0. The van der Waals surface area contributed by atoms with Gasteiger partial charge < -0.3 is 19.8 Å². The molecule has 9 nitrogen and oxygen atoms in total. The Hall–Kier alpha value is -3.83. The predicted octanol–water partition coefficient (Wildman–Crippen LogP) is 3.35. The number of benzene rings is 3. The molecular formula is C29H29F3N4O5S. The minimum Gasteiger partial charge on any atom is -0.435 e. The Labute approximate surface area is 241 Å². The molecular weight excluding hydrogens is 573 g/mol. The number of alkyl halides is 2. The SMILES string of the molecule is Cc1cccc(S(=O)(=O)N2C[C@@H]3CN(C(C#N)(CO)CO)CCN3c3ccc(-c4cc(F)cc(OC(F)F)c4)cc32)c1. The second-order valence-electron chi connectivity index (χ2n) is 10.4. The van der Waals surface area contributed by atoms with E-state index in [1.54, 1.807) is 48.2 Å². The third-order valence-corrected chi connectivity index (χ3v) is 9.53. The molecule has 13 heteroatoms. The van der Waals surface area contributed by atoms with Gasteiger partial charge in [-0.2, -0.15) is 14.0 Å². The van der Waals surface area contributed by atoms with Crippen LogP contribution in [0.5, 0.6) is 5.75 Å². The number of sulfonamides is 1. The summed E-state index contributed by atoms with van der Waals surface area (Å²) in [6.07, 6.45) is 0. The number of piperazine rings is 1. The van der Waals surface area contributed by atoms with Crippen LogP contribution in [-0.2, 0) is 10.0 Å². The van der Waals surface area contributed by atoms with Crippen LogP contribution in [-0.4, -0.2) is 81.1 Å². The van der Waals surface area contributed by atoms with E-state index in [1.807, 2.05) is 11.0 Å². The summed E-state index contributed by atoms with van der Waals surface area (Å²) in [7, 11) is -4.12. The second-order valence-corrected chi connectivity index (χ2v) is 12.2. The van der Waals surface area contributed by atoms with Crippen LogP contribution in [0.4, 0.5) is 24.5 Å². The van der Waals surface area contributed by atoms with Crippen molar-refractivity contribution in [1.29, 1.82) is 5.26 Å². The summed E-state index contributed by atoms with van der Waals surface area (Å²) in [4.78, 5) is 3.74. The topological polar surface area (TPSA) is 117 Å². The molecule has 2 aliphatic rings. The summed E-state index contributed by atoms with van der Waals surface area (Å²) in [5, 5.41) is 29.6. The van der Waals surface area contributed by atoms with Crippen LogP contribution in [0.15, 0.2) is 65.6 Å². The van der Waals surface area contributed by atoms with Gasteiger partial charge in [-0.3, -0.25) is 9.21 Å². The maximum Gasteiger partial charge on any atom is 0.387 e. The predicted molar refractivity (Wildman–Crippen MR) is 149 cm³/mol. The highest BCUT2D eigenvalue weighted by atomic mass is 32.2. The normalized spacial score (nSPS) is 17.5. The van der Waals surface area contributed by atoms with Gasteiger partial charge in [0.15, 0.2) is 5.54 Å². The van der Waals surface area contributed by atoms with Crippen molar-refractivity contribution in [3.63, 3.8) is 0 Å². The van der Waals surface area contributed by atoms with E-state index in [4.69, 9.17) is 0 Å². The Bertz CT molecular complexity index is 1630. The maximum absolute atomic E-state index is 14.4. The third kappa shape index (κ3) is 5.38. The van der Waals surface area contributed by atoms with Crippen LogP contribution >= 0.6 is 0 Å². The van der Waals surface area contributed by atoms with Crippen molar-refractivity contribution in [3.8, 4) is 22.9 Å². The highest BCUT2D eigenvalue weighted by Crippen LogP contribution is 2.43. The average molecular weight is 603 g/mol. The molecule has 2 aliphatic heterocycles. The quantitative estimate of drug-likeness (QED) is 0.403. The van der Waals surface area contributed by atoms with E-state index in [-0.39, 0.29) is 29.3 Å².